The molecule has 1 unspecified atom stereocenters. The molecule has 2 aromatic rings. The van der Waals surface area contributed by atoms with E-state index in [0.717, 1.165) is 5.56 Å². The molecule has 0 aliphatic carbocycles. The summed E-state index contributed by atoms with van der Waals surface area (Å²) < 4.78 is 16.0. The molecule has 6 nitrogen and oxygen atoms in total. The molecule has 1 aliphatic heterocycles. The summed E-state index contributed by atoms with van der Waals surface area (Å²) in [5.74, 6) is 1.12. The van der Waals surface area contributed by atoms with E-state index in [1.165, 1.54) is 21.3 Å². The highest BCUT2D eigenvalue weighted by molar-refractivity contribution is 5.96. The van der Waals surface area contributed by atoms with Gasteiger partial charge in [-0.05, 0) is 24.1 Å². The quantitative estimate of drug-likeness (QED) is 0.796. The molecule has 1 heterocycles. The number of aliphatic hydroxyl groups is 1. The van der Waals surface area contributed by atoms with E-state index in [1.807, 2.05) is 36.4 Å². The van der Waals surface area contributed by atoms with Crippen LogP contribution in [0, 0.1) is 0 Å². The Morgan fingerprint density at radius 2 is 1.71 bits per heavy atom. The molecule has 1 atom stereocenters. The fourth-order valence-electron chi connectivity index (χ4n) is 3.62. The second-order valence-corrected chi connectivity index (χ2v) is 6.66. The van der Waals surface area contributed by atoms with E-state index in [0.29, 0.717) is 35.8 Å². The minimum Gasteiger partial charge on any atom is -0.493 e. The lowest BCUT2D eigenvalue weighted by atomic mass is 9.79. The SMILES string of the molecule is COc1cc(C(=O)N2C=CC(CCO)(c3ccccc3)C2)cc(OC)c1OC. The van der Waals surface area contributed by atoms with Crippen LogP contribution in [0.3, 0.4) is 0 Å². The molecular weight excluding hydrogens is 358 g/mol. The van der Waals surface area contributed by atoms with Crippen molar-refractivity contribution in [2.24, 2.45) is 0 Å². The van der Waals surface area contributed by atoms with Crippen molar-refractivity contribution in [1.82, 2.24) is 4.90 Å². The van der Waals surface area contributed by atoms with Gasteiger partial charge in [0, 0.05) is 30.3 Å². The summed E-state index contributed by atoms with van der Waals surface area (Å²) in [5.41, 5.74) is 1.10. The third-order valence-corrected chi connectivity index (χ3v) is 5.11. The second-order valence-electron chi connectivity index (χ2n) is 6.66. The molecule has 0 radical (unpaired) electrons. The van der Waals surface area contributed by atoms with Gasteiger partial charge in [0.15, 0.2) is 11.5 Å². The zero-order valence-corrected chi connectivity index (χ0v) is 16.3. The lowest BCUT2D eigenvalue weighted by molar-refractivity contribution is 0.0812. The second kappa shape index (κ2) is 8.35. The van der Waals surface area contributed by atoms with Gasteiger partial charge in [-0.1, -0.05) is 36.4 Å². The Bertz CT molecular complexity index is 839. The van der Waals surface area contributed by atoms with Crippen LogP contribution in [0.5, 0.6) is 17.2 Å². The van der Waals surface area contributed by atoms with Crippen LogP contribution in [0.15, 0.2) is 54.7 Å². The third-order valence-electron chi connectivity index (χ3n) is 5.11. The van der Waals surface area contributed by atoms with Gasteiger partial charge in [-0.25, -0.2) is 0 Å². The van der Waals surface area contributed by atoms with E-state index >= 15 is 0 Å². The van der Waals surface area contributed by atoms with Gasteiger partial charge in [0.25, 0.3) is 5.91 Å². The molecular formula is C22H25NO5. The third kappa shape index (κ3) is 3.55. The highest BCUT2D eigenvalue weighted by Gasteiger charge is 2.37. The molecule has 1 N–H and O–H groups in total. The molecule has 0 fully saturated rings. The molecule has 148 valence electrons. The monoisotopic (exact) mass is 383 g/mol. The van der Waals surface area contributed by atoms with E-state index in [1.54, 1.807) is 23.2 Å². The zero-order chi connectivity index (χ0) is 20.1. The molecule has 1 aliphatic rings. The number of ether oxygens (including phenoxy) is 3. The van der Waals surface area contributed by atoms with Crippen LogP contribution in [0.25, 0.3) is 0 Å². The molecule has 0 saturated heterocycles. The van der Waals surface area contributed by atoms with Gasteiger partial charge < -0.3 is 24.2 Å². The number of benzene rings is 2. The predicted octanol–water partition coefficient (Wildman–Crippen LogP) is 3.00. The van der Waals surface area contributed by atoms with Crippen LogP contribution in [0.4, 0.5) is 0 Å². The summed E-state index contributed by atoms with van der Waals surface area (Å²) in [4.78, 5) is 14.8. The Morgan fingerprint density at radius 1 is 1.07 bits per heavy atom. The van der Waals surface area contributed by atoms with Gasteiger partial charge in [0.2, 0.25) is 5.75 Å². The molecule has 0 spiro atoms. The van der Waals surface area contributed by atoms with Gasteiger partial charge >= 0.3 is 0 Å². The van der Waals surface area contributed by atoms with Crippen LogP contribution in [0.1, 0.15) is 22.3 Å². The normalized spacial score (nSPS) is 18.2. The number of amides is 1. The highest BCUT2D eigenvalue weighted by atomic mass is 16.5. The fourth-order valence-corrected chi connectivity index (χ4v) is 3.62. The number of hydrogen-bond acceptors (Lipinski definition) is 5. The number of methoxy groups -OCH3 is 3. The van der Waals surface area contributed by atoms with Crippen LogP contribution in [-0.2, 0) is 5.41 Å². The van der Waals surface area contributed by atoms with Crippen molar-refractivity contribution in [3.05, 3.63) is 65.9 Å². The van der Waals surface area contributed by atoms with Gasteiger partial charge in [-0.15, -0.1) is 0 Å². The fraction of sp³-hybridized carbons (Fsp3) is 0.318. The highest BCUT2D eigenvalue weighted by Crippen LogP contribution is 2.40. The standard InChI is InChI=1S/C22H25NO5/c1-26-18-13-16(14-19(27-2)20(18)28-3)21(25)23-11-9-22(15-23,10-12-24)17-7-5-4-6-8-17/h4-9,11,13-14,24H,10,12,15H2,1-3H3. The molecule has 0 saturated carbocycles. The summed E-state index contributed by atoms with van der Waals surface area (Å²) in [5, 5.41) is 9.61. The number of aliphatic hydroxyl groups excluding tert-OH is 1. The Kier molecular flexibility index (Phi) is 5.90. The minimum absolute atomic E-state index is 0.0332. The molecule has 0 bridgehead atoms. The van der Waals surface area contributed by atoms with Crippen molar-refractivity contribution in [3.8, 4) is 17.2 Å². The first-order chi connectivity index (χ1) is 13.6. The zero-order valence-electron chi connectivity index (χ0n) is 16.3. The van der Waals surface area contributed by atoms with E-state index in [9.17, 15) is 9.90 Å². The summed E-state index contributed by atoms with van der Waals surface area (Å²) in [6.45, 7) is 0.485. The van der Waals surface area contributed by atoms with Crippen LogP contribution in [0.2, 0.25) is 0 Å². The number of carbonyl (C=O) groups is 1. The van der Waals surface area contributed by atoms with Crippen LogP contribution in [-0.4, -0.2) is 50.4 Å². The predicted molar refractivity (Wildman–Crippen MR) is 106 cm³/mol. The average molecular weight is 383 g/mol. The number of nitrogens with zero attached hydrogens (tertiary/aromatic N) is 1. The van der Waals surface area contributed by atoms with Gasteiger partial charge in [0.05, 0.1) is 21.3 Å². The first-order valence-electron chi connectivity index (χ1n) is 9.05. The number of rotatable bonds is 7. The van der Waals surface area contributed by atoms with Crippen molar-refractivity contribution in [2.75, 3.05) is 34.5 Å². The maximum Gasteiger partial charge on any atom is 0.258 e. The van der Waals surface area contributed by atoms with E-state index in [4.69, 9.17) is 14.2 Å². The Morgan fingerprint density at radius 3 is 2.25 bits per heavy atom. The molecule has 6 heteroatoms. The first kappa shape index (κ1) is 19.8. The molecule has 0 aromatic heterocycles. The molecule has 2 aromatic carbocycles. The maximum absolute atomic E-state index is 13.2. The molecule has 28 heavy (non-hydrogen) atoms. The van der Waals surface area contributed by atoms with E-state index in [2.05, 4.69) is 0 Å². The molecule has 1 amide bonds. The van der Waals surface area contributed by atoms with Gasteiger partial charge in [0.1, 0.15) is 0 Å². The summed E-state index contributed by atoms with van der Waals surface area (Å²) in [7, 11) is 4.56. The van der Waals surface area contributed by atoms with E-state index in [-0.39, 0.29) is 12.5 Å². The lowest BCUT2D eigenvalue weighted by Crippen LogP contribution is -2.35. The van der Waals surface area contributed by atoms with Crippen molar-refractivity contribution in [2.45, 2.75) is 11.8 Å². The maximum atomic E-state index is 13.2. The Hall–Kier alpha value is -2.99. The smallest absolute Gasteiger partial charge is 0.258 e. The van der Waals surface area contributed by atoms with Gasteiger partial charge in [-0.3, -0.25) is 4.79 Å². The van der Waals surface area contributed by atoms with Crippen LogP contribution >= 0.6 is 0 Å². The average Bonchev–Trinajstić information content (AvgIpc) is 3.18. The van der Waals surface area contributed by atoms with Crippen LogP contribution < -0.4 is 14.2 Å². The van der Waals surface area contributed by atoms with E-state index < -0.39 is 5.41 Å². The van der Waals surface area contributed by atoms with Crippen molar-refractivity contribution >= 4 is 5.91 Å². The summed E-state index contributed by atoms with van der Waals surface area (Å²) >= 11 is 0. The Labute approximate surface area is 164 Å². The first-order valence-corrected chi connectivity index (χ1v) is 9.05. The van der Waals surface area contributed by atoms with Crippen molar-refractivity contribution in [3.63, 3.8) is 0 Å². The van der Waals surface area contributed by atoms with Gasteiger partial charge in [-0.2, -0.15) is 0 Å². The largest absolute Gasteiger partial charge is 0.493 e. The summed E-state index contributed by atoms with van der Waals surface area (Å²) in [6, 6.07) is 13.2. The Balaban J connectivity index is 1.91. The summed E-state index contributed by atoms with van der Waals surface area (Å²) in [6.07, 6.45) is 4.31. The topological polar surface area (TPSA) is 68.2 Å². The minimum atomic E-state index is -0.410. The molecule has 3 rings (SSSR count). The van der Waals surface area contributed by atoms with Crippen molar-refractivity contribution < 1.29 is 24.1 Å². The van der Waals surface area contributed by atoms with Crippen molar-refractivity contribution in [1.29, 1.82) is 0 Å². The number of hydrogen-bond donors (Lipinski definition) is 1. The number of carbonyl (C=O) groups excluding carboxylic acids is 1. The lowest BCUT2D eigenvalue weighted by Gasteiger charge is -2.29.